The van der Waals surface area contributed by atoms with Gasteiger partial charge in [0.25, 0.3) is 0 Å². The van der Waals surface area contributed by atoms with Gasteiger partial charge in [-0.25, -0.2) is 9.59 Å². The van der Waals surface area contributed by atoms with E-state index < -0.39 is 11.6 Å². The van der Waals surface area contributed by atoms with Crippen molar-refractivity contribution in [2.24, 2.45) is 4.99 Å². The van der Waals surface area contributed by atoms with Crippen molar-refractivity contribution in [3.05, 3.63) is 11.8 Å². The van der Waals surface area contributed by atoms with Crippen LogP contribution in [0, 0.1) is 0 Å². The third-order valence-electron chi connectivity index (χ3n) is 2.18. The number of carbonyl (C=O) groups excluding carboxylic acids is 2. The van der Waals surface area contributed by atoms with Gasteiger partial charge in [0.15, 0.2) is 0 Å². The van der Waals surface area contributed by atoms with Gasteiger partial charge in [-0.3, -0.25) is 4.99 Å². The average Bonchev–Trinajstić information content (AvgIpc) is 2.27. The molecule has 0 fully saturated rings. The molecule has 0 saturated carbocycles. The van der Waals surface area contributed by atoms with Gasteiger partial charge in [0.05, 0.1) is 12.2 Å². The molecule has 18 heavy (non-hydrogen) atoms. The zero-order chi connectivity index (χ0) is 13.8. The molecule has 100 valence electrons. The van der Waals surface area contributed by atoms with Gasteiger partial charge in [-0.1, -0.05) is 0 Å². The van der Waals surface area contributed by atoms with Crippen LogP contribution in [0.5, 0.6) is 0 Å². The summed E-state index contributed by atoms with van der Waals surface area (Å²) < 4.78 is 10.1. The minimum Gasteiger partial charge on any atom is -0.462 e. The van der Waals surface area contributed by atoms with Crippen LogP contribution in [0.1, 0.15) is 40.5 Å². The van der Waals surface area contributed by atoms with Crippen LogP contribution in [0.2, 0.25) is 0 Å². The molecule has 0 saturated heterocycles. The maximum Gasteiger partial charge on any atom is 0.352 e. The predicted molar refractivity (Wildman–Crippen MR) is 67.2 cm³/mol. The second kappa shape index (κ2) is 5.80. The summed E-state index contributed by atoms with van der Waals surface area (Å²) in [7, 11) is 0. The van der Waals surface area contributed by atoms with Crippen molar-refractivity contribution in [3.8, 4) is 0 Å². The summed E-state index contributed by atoms with van der Waals surface area (Å²) in [6, 6.07) is 0. The summed E-state index contributed by atoms with van der Waals surface area (Å²) >= 11 is 0. The Morgan fingerprint density at radius 1 is 1.28 bits per heavy atom. The first-order valence-corrected chi connectivity index (χ1v) is 5.99. The Balaban J connectivity index is 2.67. The number of hydrogen-bond acceptors (Lipinski definition) is 5. The average molecular weight is 253 g/mol. The Hall–Kier alpha value is -1.65. The first-order valence-electron chi connectivity index (χ1n) is 5.99. The molecule has 0 aromatic rings. The van der Waals surface area contributed by atoms with Crippen LogP contribution in [0.4, 0.5) is 0 Å². The van der Waals surface area contributed by atoms with Gasteiger partial charge < -0.3 is 9.47 Å². The second-order valence-corrected chi connectivity index (χ2v) is 4.95. The van der Waals surface area contributed by atoms with Gasteiger partial charge in [-0.05, 0) is 34.1 Å². The third kappa shape index (κ3) is 4.31. The molecule has 0 bridgehead atoms. The molecule has 1 rings (SSSR count). The van der Waals surface area contributed by atoms with Crippen molar-refractivity contribution in [3.63, 3.8) is 0 Å². The monoisotopic (exact) mass is 253 g/mol. The minimum absolute atomic E-state index is 0.320. The van der Waals surface area contributed by atoms with Gasteiger partial charge in [0.2, 0.25) is 0 Å². The van der Waals surface area contributed by atoms with E-state index in [-0.39, 0.29) is 5.97 Å². The van der Waals surface area contributed by atoms with E-state index in [1.807, 2.05) is 20.8 Å². The molecule has 0 aromatic heterocycles. The Morgan fingerprint density at radius 3 is 2.39 bits per heavy atom. The van der Waals surface area contributed by atoms with E-state index in [1.165, 1.54) is 6.20 Å². The highest BCUT2D eigenvalue weighted by Crippen LogP contribution is 2.18. The molecule has 0 spiro atoms. The quantitative estimate of drug-likeness (QED) is 0.722. The van der Waals surface area contributed by atoms with Crippen LogP contribution in [-0.2, 0) is 19.1 Å². The van der Waals surface area contributed by atoms with E-state index in [0.29, 0.717) is 30.7 Å². The van der Waals surface area contributed by atoms with Gasteiger partial charge in [0.1, 0.15) is 11.3 Å². The zero-order valence-electron chi connectivity index (χ0n) is 11.3. The minimum atomic E-state index is -0.525. The standard InChI is InChI=1S/C13H19NO4/c1-5-17-12(16)10-7-6-9(8-14-10)11(15)18-13(2,3)4/h8H,5-7H2,1-4H3. The first-order chi connectivity index (χ1) is 8.33. The van der Waals surface area contributed by atoms with Crippen LogP contribution >= 0.6 is 0 Å². The number of aliphatic imine (C=N–C) groups is 1. The highest BCUT2D eigenvalue weighted by molar-refractivity contribution is 6.37. The maximum absolute atomic E-state index is 11.7. The largest absolute Gasteiger partial charge is 0.462 e. The fraction of sp³-hybridized carbons (Fsp3) is 0.615. The van der Waals surface area contributed by atoms with Gasteiger partial charge in [-0.2, -0.15) is 0 Å². The molecule has 1 aliphatic heterocycles. The maximum atomic E-state index is 11.7. The van der Waals surface area contributed by atoms with Crippen LogP contribution < -0.4 is 0 Å². The molecule has 0 atom stereocenters. The van der Waals surface area contributed by atoms with Crippen molar-refractivity contribution in [1.29, 1.82) is 0 Å². The fourth-order valence-electron chi connectivity index (χ4n) is 1.41. The fourth-order valence-corrected chi connectivity index (χ4v) is 1.41. The highest BCUT2D eigenvalue weighted by atomic mass is 16.6. The molecular weight excluding hydrogens is 234 g/mol. The Labute approximate surface area is 107 Å². The van der Waals surface area contributed by atoms with E-state index in [0.717, 1.165) is 0 Å². The van der Waals surface area contributed by atoms with Crippen molar-refractivity contribution < 1.29 is 19.1 Å². The van der Waals surface area contributed by atoms with Crippen LogP contribution in [0.3, 0.4) is 0 Å². The lowest BCUT2D eigenvalue weighted by Crippen LogP contribution is -2.26. The van der Waals surface area contributed by atoms with E-state index in [9.17, 15) is 9.59 Å². The molecule has 0 N–H and O–H groups in total. The topological polar surface area (TPSA) is 65.0 Å². The SMILES string of the molecule is CCOC(=O)C1=NC=C(C(=O)OC(C)(C)C)CC1. The van der Waals surface area contributed by atoms with Crippen molar-refractivity contribution in [2.75, 3.05) is 6.61 Å². The Morgan fingerprint density at radius 2 is 1.94 bits per heavy atom. The molecular formula is C13H19NO4. The molecule has 0 aromatic carbocycles. The second-order valence-electron chi connectivity index (χ2n) is 4.95. The summed E-state index contributed by atoms with van der Waals surface area (Å²) in [6.07, 6.45) is 2.25. The summed E-state index contributed by atoms with van der Waals surface area (Å²) in [5, 5.41) is 0. The lowest BCUT2D eigenvalue weighted by Gasteiger charge is -2.21. The van der Waals surface area contributed by atoms with E-state index in [1.54, 1.807) is 6.92 Å². The van der Waals surface area contributed by atoms with Crippen LogP contribution in [0.15, 0.2) is 16.8 Å². The number of esters is 2. The highest BCUT2D eigenvalue weighted by Gasteiger charge is 2.23. The molecule has 1 heterocycles. The zero-order valence-corrected chi connectivity index (χ0v) is 11.3. The summed E-state index contributed by atoms with van der Waals surface area (Å²) in [5.41, 5.74) is 0.311. The molecule has 0 unspecified atom stereocenters. The van der Waals surface area contributed by atoms with Gasteiger partial charge in [0, 0.05) is 12.6 Å². The summed E-state index contributed by atoms with van der Waals surface area (Å²) in [5.74, 6) is -0.800. The van der Waals surface area contributed by atoms with Crippen LogP contribution in [-0.4, -0.2) is 29.9 Å². The van der Waals surface area contributed by atoms with Crippen molar-refractivity contribution in [1.82, 2.24) is 0 Å². The molecule has 5 heteroatoms. The summed E-state index contributed by atoms with van der Waals surface area (Å²) in [6.45, 7) is 7.48. The van der Waals surface area contributed by atoms with Gasteiger partial charge in [-0.15, -0.1) is 0 Å². The number of ether oxygens (including phenoxy) is 2. The summed E-state index contributed by atoms with van der Waals surface area (Å²) in [4.78, 5) is 27.1. The predicted octanol–water partition coefficient (Wildman–Crippen LogP) is 2.01. The first kappa shape index (κ1) is 14.4. The number of carbonyl (C=O) groups is 2. The Kier molecular flexibility index (Phi) is 4.64. The van der Waals surface area contributed by atoms with E-state index in [4.69, 9.17) is 9.47 Å². The third-order valence-corrected chi connectivity index (χ3v) is 2.18. The number of hydrogen-bond donors (Lipinski definition) is 0. The normalized spacial score (nSPS) is 15.6. The molecule has 0 aliphatic carbocycles. The Bertz CT molecular complexity index is 402. The van der Waals surface area contributed by atoms with Crippen molar-refractivity contribution in [2.45, 2.75) is 46.1 Å². The molecule has 1 aliphatic rings. The lowest BCUT2D eigenvalue weighted by molar-refractivity contribution is -0.150. The molecule has 5 nitrogen and oxygen atoms in total. The lowest BCUT2D eigenvalue weighted by atomic mass is 10.1. The molecule has 0 radical (unpaired) electrons. The van der Waals surface area contributed by atoms with E-state index >= 15 is 0 Å². The molecule has 0 amide bonds. The number of rotatable bonds is 3. The van der Waals surface area contributed by atoms with E-state index in [2.05, 4.69) is 4.99 Å². The van der Waals surface area contributed by atoms with Gasteiger partial charge >= 0.3 is 11.9 Å². The van der Waals surface area contributed by atoms with Crippen molar-refractivity contribution >= 4 is 17.7 Å². The van der Waals surface area contributed by atoms with Crippen LogP contribution in [0.25, 0.3) is 0 Å². The number of nitrogens with zero attached hydrogens (tertiary/aromatic N) is 1. The smallest absolute Gasteiger partial charge is 0.352 e.